The highest BCUT2D eigenvalue weighted by molar-refractivity contribution is 6.51. The maximum atomic E-state index is 13.3. The van der Waals surface area contributed by atoms with Crippen molar-refractivity contribution in [1.29, 1.82) is 0 Å². The Kier molecular flexibility index (Phi) is 6.41. The van der Waals surface area contributed by atoms with Crippen LogP contribution in [0.25, 0.3) is 5.76 Å². The molecule has 1 unspecified atom stereocenters. The molecule has 0 bridgehead atoms. The summed E-state index contributed by atoms with van der Waals surface area (Å²) in [6.07, 6.45) is -0.0544. The summed E-state index contributed by atoms with van der Waals surface area (Å²) in [6, 6.07) is 20.5. The Morgan fingerprint density at radius 1 is 0.941 bits per heavy atom. The van der Waals surface area contributed by atoms with Gasteiger partial charge in [0.1, 0.15) is 17.3 Å². The average Bonchev–Trinajstić information content (AvgIpc) is 3.09. The Bertz CT molecular complexity index is 1260. The van der Waals surface area contributed by atoms with Crippen molar-refractivity contribution in [1.82, 2.24) is 0 Å². The van der Waals surface area contributed by atoms with Gasteiger partial charge in [-0.05, 0) is 62.7 Å². The summed E-state index contributed by atoms with van der Waals surface area (Å²) in [7, 11) is 1.55. The lowest BCUT2D eigenvalue weighted by molar-refractivity contribution is -0.132. The Morgan fingerprint density at radius 2 is 1.62 bits per heavy atom. The first-order chi connectivity index (χ1) is 16.3. The second-order valence-electron chi connectivity index (χ2n) is 8.48. The van der Waals surface area contributed by atoms with Gasteiger partial charge in [-0.25, -0.2) is 0 Å². The molecule has 34 heavy (non-hydrogen) atoms. The fourth-order valence-electron chi connectivity index (χ4n) is 4.08. The fraction of sp³-hybridized carbons (Fsp3) is 0.214. The molecule has 1 aliphatic heterocycles. The van der Waals surface area contributed by atoms with Crippen LogP contribution < -0.4 is 14.4 Å². The summed E-state index contributed by atoms with van der Waals surface area (Å²) in [6.45, 7) is 5.76. The first kappa shape index (κ1) is 23.1. The van der Waals surface area contributed by atoms with E-state index < -0.39 is 17.7 Å². The molecule has 0 spiro atoms. The molecule has 4 rings (SSSR count). The zero-order valence-corrected chi connectivity index (χ0v) is 19.6. The van der Waals surface area contributed by atoms with E-state index in [4.69, 9.17) is 9.47 Å². The Balaban J connectivity index is 1.91. The number of hydrogen-bond acceptors (Lipinski definition) is 5. The van der Waals surface area contributed by atoms with Crippen LogP contribution in [0.4, 0.5) is 5.69 Å². The van der Waals surface area contributed by atoms with E-state index in [0.717, 1.165) is 5.56 Å². The number of anilines is 1. The molecule has 1 N–H and O–H groups in total. The van der Waals surface area contributed by atoms with E-state index in [1.807, 2.05) is 39.0 Å². The number of benzene rings is 3. The highest BCUT2D eigenvalue weighted by Gasteiger charge is 2.47. The number of aliphatic hydroxyl groups excluding tert-OH is 1. The van der Waals surface area contributed by atoms with E-state index in [1.54, 1.807) is 61.7 Å². The molecule has 1 fully saturated rings. The second kappa shape index (κ2) is 9.43. The normalized spacial score (nSPS) is 17.3. The van der Waals surface area contributed by atoms with Gasteiger partial charge in [-0.2, -0.15) is 0 Å². The standard InChI is InChI=1S/C28H27NO5/c1-17(2)34-23-10-6-8-20(16-23)26(30)24-25(19-7-5-9-22(15-19)33-4)29(28(32)27(24)31)21-13-11-18(3)12-14-21/h5-17,25,30H,1-4H3/b26-24-. The van der Waals surface area contributed by atoms with Gasteiger partial charge in [-0.1, -0.05) is 42.0 Å². The highest BCUT2D eigenvalue weighted by Crippen LogP contribution is 2.43. The minimum atomic E-state index is -0.826. The summed E-state index contributed by atoms with van der Waals surface area (Å²) in [5.41, 5.74) is 2.65. The van der Waals surface area contributed by atoms with E-state index in [0.29, 0.717) is 28.3 Å². The lowest BCUT2D eigenvalue weighted by Gasteiger charge is -2.26. The molecular weight excluding hydrogens is 430 g/mol. The fourth-order valence-corrected chi connectivity index (χ4v) is 4.08. The molecule has 1 heterocycles. The van der Waals surface area contributed by atoms with Gasteiger partial charge in [0, 0.05) is 11.3 Å². The van der Waals surface area contributed by atoms with Crippen LogP contribution >= 0.6 is 0 Å². The van der Waals surface area contributed by atoms with Crippen molar-refractivity contribution in [2.24, 2.45) is 0 Å². The monoisotopic (exact) mass is 457 g/mol. The molecule has 0 aliphatic carbocycles. The van der Waals surface area contributed by atoms with Gasteiger partial charge in [-0.15, -0.1) is 0 Å². The van der Waals surface area contributed by atoms with Crippen LogP contribution in [-0.4, -0.2) is 30.0 Å². The minimum Gasteiger partial charge on any atom is -0.507 e. The molecule has 1 amide bonds. The minimum absolute atomic E-state index is 0.0144. The van der Waals surface area contributed by atoms with Crippen molar-refractivity contribution in [2.45, 2.75) is 32.9 Å². The molecule has 1 aliphatic rings. The largest absolute Gasteiger partial charge is 0.507 e. The van der Waals surface area contributed by atoms with Gasteiger partial charge < -0.3 is 14.6 Å². The SMILES string of the molecule is COc1cccc(C2/C(=C(/O)c3cccc(OC(C)C)c3)C(=O)C(=O)N2c2ccc(C)cc2)c1. The predicted octanol–water partition coefficient (Wildman–Crippen LogP) is 5.42. The number of ketones is 1. The lowest BCUT2D eigenvalue weighted by atomic mass is 9.95. The molecule has 6 nitrogen and oxygen atoms in total. The molecule has 1 atom stereocenters. The Hall–Kier alpha value is -4.06. The molecule has 174 valence electrons. The summed E-state index contributed by atoms with van der Waals surface area (Å²) in [4.78, 5) is 28.0. The number of Topliss-reactive ketones (excluding diaryl/α,β-unsaturated/α-hetero) is 1. The van der Waals surface area contributed by atoms with E-state index in [9.17, 15) is 14.7 Å². The summed E-state index contributed by atoms with van der Waals surface area (Å²) in [5, 5.41) is 11.3. The van der Waals surface area contributed by atoms with Gasteiger partial charge in [-0.3, -0.25) is 14.5 Å². The maximum absolute atomic E-state index is 13.3. The van der Waals surface area contributed by atoms with Gasteiger partial charge in [0.2, 0.25) is 0 Å². The van der Waals surface area contributed by atoms with Crippen LogP contribution in [0.5, 0.6) is 11.5 Å². The second-order valence-corrected chi connectivity index (χ2v) is 8.48. The number of aliphatic hydroxyl groups is 1. The molecule has 3 aromatic carbocycles. The van der Waals surface area contributed by atoms with Gasteiger partial charge >= 0.3 is 0 Å². The third-order valence-electron chi connectivity index (χ3n) is 5.65. The Labute approximate surface area is 199 Å². The van der Waals surface area contributed by atoms with Gasteiger partial charge in [0.25, 0.3) is 11.7 Å². The van der Waals surface area contributed by atoms with Gasteiger partial charge in [0.15, 0.2) is 0 Å². The molecule has 6 heteroatoms. The van der Waals surface area contributed by atoms with E-state index >= 15 is 0 Å². The molecule has 0 saturated carbocycles. The smallest absolute Gasteiger partial charge is 0.300 e. The van der Waals surface area contributed by atoms with Crippen LogP contribution in [0.2, 0.25) is 0 Å². The van der Waals surface area contributed by atoms with Crippen LogP contribution in [-0.2, 0) is 9.59 Å². The number of amides is 1. The highest BCUT2D eigenvalue weighted by atomic mass is 16.5. The van der Waals surface area contributed by atoms with Crippen LogP contribution in [0, 0.1) is 6.92 Å². The third-order valence-corrected chi connectivity index (χ3v) is 5.65. The van der Waals surface area contributed by atoms with Crippen molar-refractivity contribution < 1.29 is 24.2 Å². The summed E-state index contributed by atoms with van der Waals surface area (Å²) in [5.74, 6) is -0.562. The number of carbonyl (C=O) groups is 2. The van der Waals surface area contributed by atoms with E-state index in [1.165, 1.54) is 4.90 Å². The zero-order valence-electron chi connectivity index (χ0n) is 19.6. The van der Waals surface area contributed by atoms with Crippen LogP contribution in [0.15, 0.2) is 78.4 Å². The number of hydrogen-bond donors (Lipinski definition) is 1. The topological polar surface area (TPSA) is 76.1 Å². The molecular formula is C28H27NO5. The van der Waals surface area contributed by atoms with Crippen molar-refractivity contribution in [3.63, 3.8) is 0 Å². The van der Waals surface area contributed by atoms with Crippen LogP contribution in [0.1, 0.15) is 36.6 Å². The zero-order chi connectivity index (χ0) is 24.4. The first-order valence-electron chi connectivity index (χ1n) is 11.1. The lowest BCUT2D eigenvalue weighted by Crippen LogP contribution is -2.29. The quantitative estimate of drug-likeness (QED) is 0.304. The number of ether oxygens (including phenoxy) is 2. The number of aryl methyl sites for hydroxylation is 1. The number of nitrogens with zero attached hydrogens (tertiary/aromatic N) is 1. The van der Waals surface area contributed by atoms with Crippen molar-refractivity contribution in [3.8, 4) is 11.5 Å². The van der Waals surface area contributed by atoms with Crippen molar-refractivity contribution in [3.05, 3.63) is 95.1 Å². The first-order valence-corrected chi connectivity index (χ1v) is 11.1. The van der Waals surface area contributed by atoms with E-state index in [-0.39, 0.29) is 17.4 Å². The van der Waals surface area contributed by atoms with Crippen LogP contribution in [0.3, 0.4) is 0 Å². The molecule has 1 saturated heterocycles. The average molecular weight is 458 g/mol. The van der Waals surface area contributed by atoms with Crippen molar-refractivity contribution in [2.75, 3.05) is 12.0 Å². The molecule has 0 aromatic heterocycles. The van der Waals surface area contributed by atoms with Gasteiger partial charge in [0.05, 0.1) is 24.8 Å². The number of methoxy groups -OCH3 is 1. The van der Waals surface area contributed by atoms with E-state index in [2.05, 4.69) is 0 Å². The maximum Gasteiger partial charge on any atom is 0.300 e. The third kappa shape index (κ3) is 4.39. The summed E-state index contributed by atoms with van der Waals surface area (Å²) < 4.78 is 11.1. The predicted molar refractivity (Wildman–Crippen MR) is 131 cm³/mol. The number of carbonyl (C=O) groups excluding carboxylic acids is 2. The van der Waals surface area contributed by atoms with Crippen molar-refractivity contribution >= 4 is 23.1 Å². The summed E-state index contributed by atoms with van der Waals surface area (Å²) >= 11 is 0. The molecule has 0 radical (unpaired) electrons. The molecule has 3 aromatic rings. The Morgan fingerprint density at radius 3 is 2.29 bits per heavy atom. The number of rotatable bonds is 6.